The van der Waals surface area contributed by atoms with E-state index >= 15 is 0 Å². The fourth-order valence-corrected chi connectivity index (χ4v) is 0.884. The average molecular weight is 150 g/mol. The van der Waals surface area contributed by atoms with Crippen LogP contribution in [0.4, 0.5) is 0 Å². The lowest BCUT2D eigenvalue weighted by Gasteiger charge is -1.70. The van der Waals surface area contributed by atoms with E-state index in [0.717, 1.165) is 5.33 Å². The Morgan fingerprint density at radius 3 is 2.33 bits per heavy atom. The third kappa shape index (κ3) is 0.738. The molecule has 0 unspecified atom stereocenters. The minimum Gasteiger partial charge on any atom is -0.369 e. The molecular weight excluding hydrogens is 144 g/mol. The summed E-state index contributed by atoms with van der Waals surface area (Å²) < 4.78 is 4.91. The average Bonchev–Trinajstić information content (AvgIpc) is 2.19. The summed E-state index contributed by atoms with van der Waals surface area (Å²) in [6.45, 7) is 3.65. The minimum absolute atomic E-state index is 0.268. The van der Waals surface area contributed by atoms with Crippen LogP contribution in [0.2, 0.25) is 0 Å². The third-order valence-corrected chi connectivity index (χ3v) is 1.48. The summed E-state index contributed by atoms with van der Waals surface area (Å²) in [6.07, 6.45) is 0.675. The number of alkyl halides is 1. The van der Waals surface area contributed by atoms with Gasteiger partial charge in [0.25, 0.3) is 0 Å². The molecule has 1 aliphatic heterocycles. The molecule has 0 spiro atoms. The van der Waals surface area contributed by atoms with Crippen molar-refractivity contribution in [2.75, 3.05) is 5.33 Å². The zero-order valence-electron chi connectivity index (χ0n) is 3.36. The topological polar surface area (TPSA) is 12.5 Å². The van der Waals surface area contributed by atoms with Gasteiger partial charge >= 0.3 is 0 Å². The maximum atomic E-state index is 4.91. The van der Waals surface area contributed by atoms with Gasteiger partial charge in [0, 0.05) is 5.33 Å². The molecule has 35 valence electrons. The van der Waals surface area contributed by atoms with Gasteiger partial charge in [-0.05, 0) is 6.92 Å². The zero-order valence-corrected chi connectivity index (χ0v) is 4.94. The second-order valence-corrected chi connectivity index (χ2v) is 2.01. The normalized spacial score (nSPS) is 43.0. The van der Waals surface area contributed by atoms with E-state index in [-0.39, 0.29) is 6.10 Å². The van der Waals surface area contributed by atoms with Crippen molar-refractivity contribution in [1.82, 2.24) is 0 Å². The van der Waals surface area contributed by atoms with Crippen LogP contribution in [0.1, 0.15) is 0 Å². The summed E-state index contributed by atoms with van der Waals surface area (Å²) in [5, 5.41) is 0.932. The highest BCUT2D eigenvalue weighted by Gasteiger charge is 2.32. The van der Waals surface area contributed by atoms with E-state index in [1.165, 1.54) is 0 Å². The summed E-state index contributed by atoms with van der Waals surface area (Å²) in [7, 11) is 0. The predicted molar refractivity (Wildman–Crippen MR) is 27.8 cm³/mol. The molecule has 2 atom stereocenters. The van der Waals surface area contributed by atoms with Crippen molar-refractivity contribution in [1.29, 1.82) is 0 Å². The highest BCUT2D eigenvalue weighted by atomic mass is 79.9. The molecule has 0 saturated carbocycles. The lowest BCUT2D eigenvalue weighted by atomic mass is 10.4. The van der Waals surface area contributed by atoms with E-state index in [9.17, 15) is 0 Å². The summed E-state index contributed by atoms with van der Waals surface area (Å²) in [5.74, 6) is 0. The molecule has 6 heavy (non-hydrogen) atoms. The lowest BCUT2D eigenvalue weighted by molar-refractivity contribution is 0.402. The smallest absolute Gasteiger partial charge is 0.0938 e. The molecule has 0 amide bonds. The van der Waals surface area contributed by atoms with E-state index < -0.39 is 0 Å². The van der Waals surface area contributed by atoms with Crippen LogP contribution in [0.5, 0.6) is 0 Å². The van der Waals surface area contributed by atoms with E-state index in [0.29, 0.717) is 6.10 Å². The van der Waals surface area contributed by atoms with Gasteiger partial charge in [-0.1, -0.05) is 15.9 Å². The second-order valence-electron chi connectivity index (χ2n) is 1.37. The number of ether oxygens (including phenoxy) is 1. The van der Waals surface area contributed by atoms with Crippen LogP contribution in [0.15, 0.2) is 0 Å². The van der Waals surface area contributed by atoms with Crippen molar-refractivity contribution >= 4 is 15.9 Å². The molecule has 0 bridgehead atoms. The van der Waals surface area contributed by atoms with Crippen LogP contribution in [0.3, 0.4) is 0 Å². The van der Waals surface area contributed by atoms with E-state index in [1.54, 1.807) is 0 Å². The Kier molecular flexibility index (Phi) is 1.15. The molecule has 1 saturated heterocycles. The molecule has 1 heterocycles. The van der Waals surface area contributed by atoms with Gasteiger partial charge in [0.2, 0.25) is 0 Å². The Morgan fingerprint density at radius 1 is 1.83 bits per heavy atom. The van der Waals surface area contributed by atoms with Gasteiger partial charge in [-0.2, -0.15) is 0 Å². The van der Waals surface area contributed by atoms with Gasteiger partial charge in [-0.25, -0.2) is 0 Å². The fraction of sp³-hybridized carbons (Fsp3) is 0.750. The Morgan fingerprint density at radius 2 is 2.33 bits per heavy atom. The molecular formula is C4H6BrO. The van der Waals surface area contributed by atoms with Crippen LogP contribution in [0.25, 0.3) is 0 Å². The van der Waals surface area contributed by atoms with E-state index in [4.69, 9.17) is 4.74 Å². The summed E-state index contributed by atoms with van der Waals surface area (Å²) in [6, 6.07) is 0. The van der Waals surface area contributed by atoms with Crippen molar-refractivity contribution in [3.8, 4) is 0 Å². The molecule has 0 aromatic heterocycles. The highest BCUT2D eigenvalue weighted by Crippen LogP contribution is 2.21. The highest BCUT2D eigenvalue weighted by molar-refractivity contribution is 9.09. The molecule has 1 aliphatic rings. The Hall–Kier alpha value is 0.440. The Labute approximate surface area is 45.8 Å². The number of epoxide rings is 1. The molecule has 1 nitrogen and oxygen atoms in total. The molecule has 0 aromatic rings. The number of halogens is 1. The van der Waals surface area contributed by atoms with Crippen molar-refractivity contribution in [2.24, 2.45) is 0 Å². The minimum atomic E-state index is 0.268. The van der Waals surface area contributed by atoms with E-state index in [1.807, 2.05) is 0 Å². The van der Waals surface area contributed by atoms with E-state index in [2.05, 4.69) is 22.9 Å². The predicted octanol–water partition coefficient (Wildman–Crippen LogP) is 0.983. The van der Waals surface area contributed by atoms with Crippen LogP contribution in [-0.2, 0) is 4.74 Å². The van der Waals surface area contributed by atoms with Crippen molar-refractivity contribution < 1.29 is 4.74 Å². The number of rotatable bonds is 1. The van der Waals surface area contributed by atoms with Gasteiger partial charge in [0.05, 0.1) is 12.2 Å². The second kappa shape index (κ2) is 1.51. The van der Waals surface area contributed by atoms with Crippen LogP contribution in [0, 0.1) is 6.92 Å². The van der Waals surface area contributed by atoms with Crippen molar-refractivity contribution in [3.63, 3.8) is 0 Å². The van der Waals surface area contributed by atoms with Gasteiger partial charge in [-0.15, -0.1) is 0 Å². The summed E-state index contributed by atoms with van der Waals surface area (Å²) in [4.78, 5) is 0. The first-order valence-electron chi connectivity index (χ1n) is 1.89. The van der Waals surface area contributed by atoms with Crippen LogP contribution in [-0.4, -0.2) is 17.5 Å². The third-order valence-electron chi connectivity index (χ3n) is 0.840. The molecule has 0 aliphatic carbocycles. The van der Waals surface area contributed by atoms with Crippen LogP contribution < -0.4 is 0 Å². The molecule has 1 fully saturated rings. The maximum Gasteiger partial charge on any atom is 0.0938 e. The molecule has 0 aromatic carbocycles. The first kappa shape index (κ1) is 4.60. The standard InChI is InChI=1S/C4H6BrO/c1-3-4(2-5)6-3/h3-4H,1-2H2/t3-,4+/m1/s1. The van der Waals surface area contributed by atoms with Gasteiger partial charge < -0.3 is 4.74 Å². The molecule has 0 N–H and O–H groups in total. The molecule has 1 radical (unpaired) electrons. The molecule has 2 heteroatoms. The van der Waals surface area contributed by atoms with Gasteiger partial charge in [0.15, 0.2) is 0 Å². The molecule has 1 rings (SSSR count). The largest absolute Gasteiger partial charge is 0.369 e. The number of hydrogen-bond acceptors (Lipinski definition) is 1. The monoisotopic (exact) mass is 149 g/mol. The Balaban J connectivity index is 2.09. The van der Waals surface area contributed by atoms with Gasteiger partial charge in [0.1, 0.15) is 0 Å². The lowest BCUT2D eigenvalue weighted by Crippen LogP contribution is -1.87. The fourth-order valence-electron chi connectivity index (χ4n) is 0.315. The van der Waals surface area contributed by atoms with Crippen LogP contribution >= 0.6 is 15.9 Å². The maximum absolute atomic E-state index is 4.91. The van der Waals surface area contributed by atoms with Crippen molar-refractivity contribution in [2.45, 2.75) is 12.2 Å². The zero-order chi connectivity index (χ0) is 4.57. The number of hydrogen-bond donors (Lipinski definition) is 0. The SMILES string of the molecule is [CH2][C@H]1O[C@H]1CBr. The first-order chi connectivity index (χ1) is 2.84. The van der Waals surface area contributed by atoms with Gasteiger partial charge in [-0.3, -0.25) is 0 Å². The van der Waals surface area contributed by atoms with Crippen molar-refractivity contribution in [3.05, 3.63) is 6.92 Å². The quantitative estimate of drug-likeness (QED) is 0.401. The first-order valence-corrected chi connectivity index (χ1v) is 3.01. The Bertz CT molecular complexity index is 53.5. The summed E-state index contributed by atoms with van der Waals surface area (Å²) in [5.41, 5.74) is 0. The summed E-state index contributed by atoms with van der Waals surface area (Å²) >= 11 is 3.25.